The van der Waals surface area contributed by atoms with Crippen molar-refractivity contribution in [3.8, 4) is 0 Å². The summed E-state index contributed by atoms with van der Waals surface area (Å²) in [6.07, 6.45) is 81.6. The molecule has 0 bridgehead atoms. The number of nitrogens with one attached hydrogen (secondary N) is 1. The second-order valence-electron chi connectivity index (χ2n) is 25.3. The SMILES string of the molecule is CCCCCCCCCC/C=C\CCCCCCCCCCCCCCCCCCCCCCCCCCCC(=O)NC(COP(=O)(O)OCC[N+](C)(C)C)C(O)/C=C/CC/C=C/CCCCCCCCCCCCCCCC. The van der Waals surface area contributed by atoms with Gasteiger partial charge in [0, 0.05) is 6.42 Å². The number of hydrogen-bond acceptors (Lipinski definition) is 5. The van der Waals surface area contributed by atoms with Gasteiger partial charge in [0.15, 0.2) is 0 Å². The van der Waals surface area contributed by atoms with E-state index >= 15 is 0 Å². The molecular formula is C70H138N2O6P+. The van der Waals surface area contributed by atoms with Crippen LogP contribution in [0.4, 0.5) is 0 Å². The van der Waals surface area contributed by atoms with Gasteiger partial charge in [-0.15, -0.1) is 0 Å². The molecule has 3 unspecified atom stereocenters. The van der Waals surface area contributed by atoms with Crippen LogP contribution in [0.3, 0.4) is 0 Å². The highest BCUT2D eigenvalue weighted by atomic mass is 31.2. The van der Waals surface area contributed by atoms with E-state index in [2.05, 4.69) is 43.5 Å². The van der Waals surface area contributed by atoms with E-state index in [1.807, 2.05) is 27.2 Å². The van der Waals surface area contributed by atoms with Crippen molar-refractivity contribution in [2.24, 2.45) is 0 Å². The van der Waals surface area contributed by atoms with Crippen molar-refractivity contribution < 1.29 is 32.9 Å². The van der Waals surface area contributed by atoms with Crippen LogP contribution < -0.4 is 5.32 Å². The summed E-state index contributed by atoms with van der Waals surface area (Å²) in [5, 5.41) is 14.0. The molecule has 0 saturated carbocycles. The van der Waals surface area contributed by atoms with Crippen molar-refractivity contribution >= 4 is 13.7 Å². The van der Waals surface area contributed by atoms with Gasteiger partial charge in [-0.2, -0.15) is 0 Å². The van der Waals surface area contributed by atoms with Crippen LogP contribution in [0.1, 0.15) is 354 Å². The minimum Gasteiger partial charge on any atom is -0.387 e. The Morgan fingerprint density at radius 2 is 0.696 bits per heavy atom. The van der Waals surface area contributed by atoms with Crippen LogP contribution in [0.5, 0.6) is 0 Å². The highest BCUT2D eigenvalue weighted by Gasteiger charge is 2.28. The zero-order valence-electron chi connectivity index (χ0n) is 53.6. The minimum absolute atomic E-state index is 0.0582. The molecule has 0 aliphatic rings. The van der Waals surface area contributed by atoms with Gasteiger partial charge >= 0.3 is 7.82 Å². The summed E-state index contributed by atoms with van der Waals surface area (Å²) in [4.78, 5) is 23.4. The summed E-state index contributed by atoms with van der Waals surface area (Å²) >= 11 is 0. The Balaban J connectivity index is 3.97. The molecule has 0 radical (unpaired) electrons. The summed E-state index contributed by atoms with van der Waals surface area (Å²) in [7, 11) is 1.57. The molecule has 8 nitrogen and oxygen atoms in total. The molecule has 0 aromatic rings. The molecule has 0 aliphatic heterocycles. The molecule has 3 N–H and O–H groups in total. The van der Waals surface area contributed by atoms with E-state index in [1.165, 1.54) is 295 Å². The number of phosphoric ester groups is 1. The number of hydrogen-bond donors (Lipinski definition) is 3. The Bertz CT molecular complexity index is 1380. The lowest BCUT2D eigenvalue weighted by molar-refractivity contribution is -0.870. The molecule has 0 aromatic heterocycles. The average Bonchev–Trinajstić information content (AvgIpc) is 3.42. The number of quaternary nitrogens is 1. The molecule has 0 spiro atoms. The number of allylic oxidation sites excluding steroid dienone is 5. The average molecular weight is 1130 g/mol. The third-order valence-corrected chi connectivity index (χ3v) is 17.1. The Hall–Kier alpha value is -1.28. The summed E-state index contributed by atoms with van der Waals surface area (Å²) in [6, 6.07) is -0.862. The molecule has 3 atom stereocenters. The van der Waals surface area contributed by atoms with Gasteiger partial charge in [0.2, 0.25) is 5.91 Å². The number of carbonyl (C=O) groups excluding carboxylic acids is 1. The zero-order valence-corrected chi connectivity index (χ0v) is 54.5. The van der Waals surface area contributed by atoms with E-state index in [0.29, 0.717) is 17.4 Å². The fraction of sp³-hybridized carbons (Fsp3) is 0.900. The largest absolute Gasteiger partial charge is 0.472 e. The summed E-state index contributed by atoms with van der Waals surface area (Å²) in [6.45, 7) is 4.85. The summed E-state index contributed by atoms with van der Waals surface area (Å²) < 4.78 is 23.8. The van der Waals surface area contributed by atoms with Gasteiger partial charge in [-0.3, -0.25) is 13.8 Å². The van der Waals surface area contributed by atoms with E-state index in [4.69, 9.17) is 9.05 Å². The number of unbranched alkanes of at least 4 members (excludes halogenated alkanes) is 48. The number of aliphatic hydroxyl groups is 1. The predicted octanol–water partition coefficient (Wildman–Crippen LogP) is 22.1. The van der Waals surface area contributed by atoms with Gasteiger partial charge < -0.3 is 19.8 Å². The molecule has 468 valence electrons. The molecule has 0 heterocycles. The third kappa shape index (κ3) is 64.1. The van der Waals surface area contributed by atoms with Crippen LogP contribution in [-0.4, -0.2) is 73.4 Å². The number of nitrogens with zero attached hydrogens (tertiary/aromatic N) is 1. The molecule has 1 amide bonds. The molecular weight excluding hydrogens is 996 g/mol. The molecule has 9 heteroatoms. The Morgan fingerprint density at radius 1 is 0.418 bits per heavy atom. The first kappa shape index (κ1) is 77.7. The molecule has 0 rings (SSSR count). The zero-order chi connectivity index (χ0) is 57.7. The maximum atomic E-state index is 13.0. The molecule has 0 aliphatic carbocycles. The normalized spacial score (nSPS) is 13.9. The van der Waals surface area contributed by atoms with E-state index in [1.54, 1.807) is 6.08 Å². The number of likely N-dealkylation sites (N-methyl/N-ethyl adjacent to an activating group) is 1. The number of carbonyl (C=O) groups is 1. The van der Waals surface area contributed by atoms with Gasteiger partial charge in [-0.05, 0) is 57.8 Å². The highest BCUT2D eigenvalue weighted by Crippen LogP contribution is 2.43. The van der Waals surface area contributed by atoms with Crippen molar-refractivity contribution in [1.29, 1.82) is 0 Å². The number of amides is 1. The van der Waals surface area contributed by atoms with Gasteiger partial charge in [-0.1, -0.05) is 326 Å². The smallest absolute Gasteiger partial charge is 0.387 e. The first-order valence-electron chi connectivity index (χ1n) is 34.9. The first-order valence-corrected chi connectivity index (χ1v) is 36.4. The Morgan fingerprint density at radius 3 is 1.01 bits per heavy atom. The third-order valence-electron chi connectivity index (χ3n) is 16.1. The minimum atomic E-state index is -4.36. The fourth-order valence-corrected chi connectivity index (χ4v) is 11.4. The fourth-order valence-electron chi connectivity index (χ4n) is 10.6. The van der Waals surface area contributed by atoms with Crippen molar-refractivity contribution in [3.63, 3.8) is 0 Å². The van der Waals surface area contributed by atoms with Crippen molar-refractivity contribution in [1.82, 2.24) is 5.32 Å². The monoisotopic (exact) mass is 1130 g/mol. The van der Waals surface area contributed by atoms with Crippen molar-refractivity contribution in [2.45, 2.75) is 366 Å². The van der Waals surface area contributed by atoms with Gasteiger partial charge in [0.25, 0.3) is 0 Å². The van der Waals surface area contributed by atoms with E-state index in [9.17, 15) is 19.4 Å². The highest BCUT2D eigenvalue weighted by molar-refractivity contribution is 7.47. The second-order valence-corrected chi connectivity index (χ2v) is 26.7. The van der Waals surface area contributed by atoms with Gasteiger partial charge in [0.1, 0.15) is 13.2 Å². The van der Waals surface area contributed by atoms with Crippen LogP contribution in [0.2, 0.25) is 0 Å². The van der Waals surface area contributed by atoms with Crippen molar-refractivity contribution in [3.05, 3.63) is 36.5 Å². The van der Waals surface area contributed by atoms with Crippen LogP contribution >= 0.6 is 7.82 Å². The summed E-state index contributed by atoms with van der Waals surface area (Å²) in [5.41, 5.74) is 0. The van der Waals surface area contributed by atoms with Crippen molar-refractivity contribution in [2.75, 3.05) is 40.9 Å². The van der Waals surface area contributed by atoms with Crippen LogP contribution in [-0.2, 0) is 18.4 Å². The molecule has 0 aromatic carbocycles. The lowest BCUT2D eigenvalue weighted by Crippen LogP contribution is -2.45. The Kier molecular flexibility index (Phi) is 60.3. The maximum Gasteiger partial charge on any atom is 0.472 e. The number of aliphatic hydroxyl groups excluding tert-OH is 1. The first-order chi connectivity index (χ1) is 38.5. The molecule has 0 saturated heterocycles. The van der Waals surface area contributed by atoms with Crippen LogP contribution in [0, 0.1) is 0 Å². The van der Waals surface area contributed by atoms with E-state index in [-0.39, 0.29) is 19.1 Å². The van der Waals surface area contributed by atoms with E-state index in [0.717, 1.165) is 38.5 Å². The molecule has 79 heavy (non-hydrogen) atoms. The topological polar surface area (TPSA) is 105 Å². The Labute approximate surface area is 493 Å². The predicted molar refractivity (Wildman–Crippen MR) is 346 cm³/mol. The maximum absolute atomic E-state index is 13.0. The lowest BCUT2D eigenvalue weighted by atomic mass is 10.0. The quantitative estimate of drug-likeness (QED) is 0.0243. The standard InChI is InChI=1S/C70H137N2O6P/c1-6-8-10-12-14-16-18-20-22-24-26-28-29-30-31-32-33-34-35-36-37-38-39-40-41-42-43-44-46-48-50-52-54-56-58-60-62-64-70(74)71-68(67-78-79(75,76)77-66-65-72(3,4)5)69(73)63-61-59-57-55-53-51-49-47-45-27-25-23-21-19-17-15-13-11-9-7-2/h24,26,53,55,61,63,68-69,73H,6-23,25,27-52,54,56-60,62,64-67H2,1-5H3,(H-,71,74,75,76)/p+1/b26-24-,55-53+,63-61+. The van der Waals surface area contributed by atoms with E-state index < -0.39 is 20.0 Å². The van der Waals surface area contributed by atoms with Gasteiger partial charge in [0.05, 0.1) is 39.9 Å². The van der Waals surface area contributed by atoms with Crippen LogP contribution in [0.15, 0.2) is 36.5 Å². The molecule has 0 fully saturated rings. The summed E-state index contributed by atoms with van der Waals surface area (Å²) in [5.74, 6) is -0.179. The second kappa shape index (κ2) is 61.3. The van der Waals surface area contributed by atoms with Crippen LogP contribution in [0.25, 0.3) is 0 Å². The number of rotatable bonds is 65. The number of phosphoric acid groups is 1. The lowest BCUT2D eigenvalue weighted by Gasteiger charge is -2.25. The van der Waals surface area contributed by atoms with Gasteiger partial charge in [-0.25, -0.2) is 4.57 Å².